The number of rotatable bonds is 1. The second-order valence-corrected chi connectivity index (χ2v) is 3.58. The zero-order valence-corrected chi connectivity index (χ0v) is 8.69. The highest BCUT2D eigenvalue weighted by atomic mass is 79.9. The molecule has 1 aromatic carbocycles. The van der Waals surface area contributed by atoms with Crippen molar-refractivity contribution in [2.24, 2.45) is 0 Å². The summed E-state index contributed by atoms with van der Waals surface area (Å²) in [5.74, 6) is -1.35. The molecule has 3 N–H and O–H groups in total. The van der Waals surface area contributed by atoms with E-state index in [0.717, 1.165) is 6.07 Å². The molecule has 0 radical (unpaired) electrons. The Hall–Kier alpha value is -1.24. The Morgan fingerprint density at radius 3 is 2.33 bits per heavy atom. The summed E-state index contributed by atoms with van der Waals surface area (Å²) in [6.07, 6.45) is -4.59. The number of carbonyl (C=O) groups is 1. The summed E-state index contributed by atoms with van der Waals surface area (Å²) in [6, 6.07) is 1.42. The van der Waals surface area contributed by atoms with Gasteiger partial charge in [0.2, 0.25) is 0 Å². The number of nitrogens with two attached hydrogens (primary N) is 1. The average Bonchev–Trinajstić information content (AvgIpc) is 2.06. The van der Waals surface area contributed by atoms with Gasteiger partial charge in [-0.3, -0.25) is 0 Å². The van der Waals surface area contributed by atoms with Gasteiger partial charge in [0.05, 0.1) is 11.1 Å². The van der Waals surface area contributed by atoms with Crippen LogP contribution in [0.15, 0.2) is 16.6 Å². The molecule has 0 saturated heterocycles. The van der Waals surface area contributed by atoms with Crippen molar-refractivity contribution >= 4 is 27.6 Å². The average molecular weight is 284 g/mol. The molecule has 1 aromatic rings. The van der Waals surface area contributed by atoms with Gasteiger partial charge in [0.15, 0.2) is 0 Å². The number of nitrogen functional groups attached to an aromatic ring is 1. The summed E-state index contributed by atoms with van der Waals surface area (Å²) in [5.41, 5.74) is 3.14. The summed E-state index contributed by atoms with van der Waals surface area (Å²) in [4.78, 5) is 10.6. The molecule has 3 nitrogen and oxygen atoms in total. The third-order valence-electron chi connectivity index (χ3n) is 1.68. The lowest BCUT2D eigenvalue weighted by molar-refractivity contribution is -0.137. The number of anilines is 1. The molecule has 0 unspecified atom stereocenters. The maximum Gasteiger partial charge on any atom is 0.418 e. The van der Waals surface area contributed by atoms with Crippen molar-refractivity contribution in [2.75, 3.05) is 5.73 Å². The fraction of sp³-hybridized carbons (Fsp3) is 0.125. The van der Waals surface area contributed by atoms with Crippen LogP contribution in [0, 0.1) is 0 Å². The molecule has 0 aromatic heterocycles. The molecule has 0 amide bonds. The van der Waals surface area contributed by atoms with Crippen LogP contribution in [0.25, 0.3) is 0 Å². The maximum absolute atomic E-state index is 12.3. The molecular weight excluding hydrogens is 279 g/mol. The molecule has 1 rings (SSSR count). The van der Waals surface area contributed by atoms with Crippen molar-refractivity contribution in [3.63, 3.8) is 0 Å². The summed E-state index contributed by atoms with van der Waals surface area (Å²) in [6.45, 7) is 0. The van der Waals surface area contributed by atoms with Crippen LogP contribution in [0.2, 0.25) is 0 Å². The monoisotopic (exact) mass is 283 g/mol. The van der Waals surface area contributed by atoms with E-state index in [1.807, 2.05) is 0 Å². The van der Waals surface area contributed by atoms with E-state index in [-0.39, 0.29) is 10.0 Å². The van der Waals surface area contributed by atoms with Gasteiger partial charge in [-0.15, -0.1) is 0 Å². The zero-order valence-electron chi connectivity index (χ0n) is 7.10. The van der Waals surface area contributed by atoms with Gasteiger partial charge in [0.1, 0.15) is 0 Å². The fourth-order valence-electron chi connectivity index (χ4n) is 0.999. The van der Waals surface area contributed by atoms with Crippen LogP contribution in [-0.4, -0.2) is 11.1 Å². The molecule has 82 valence electrons. The van der Waals surface area contributed by atoms with E-state index in [2.05, 4.69) is 15.9 Å². The van der Waals surface area contributed by atoms with Crippen molar-refractivity contribution in [1.29, 1.82) is 0 Å². The second kappa shape index (κ2) is 3.73. The number of benzene rings is 1. The van der Waals surface area contributed by atoms with Gasteiger partial charge < -0.3 is 10.8 Å². The molecular formula is C8H5BrF3NO2. The summed E-state index contributed by atoms with van der Waals surface area (Å²) in [7, 11) is 0. The van der Waals surface area contributed by atoms with Crippen LogP contribution >= 0.6 is 15.9 Å². The lowest BCUT2D eigenvalue weighted by Crippen LogP contribution is -2.11. The van der Waals surface area contributed by atoms with E-state index >= 15 is 0 Å². The maximum atomic E-state index is 12.3. The molecule has 0 fully saturated rings. The normalized spacial score (nSPS) is 11.5. The van der Waals surface area contributed by atoms with Gasteiger partial charge in [-0.2, -0.15) is 13.2 Å². The lowest BCUT2D eigenvalue weighted by Gasteiger charge is -2.11. The van der Waals surface area contributed by atoms with Crippen LogP contribution < -0.4 is 5.73 Å². The van der Waals surface area contributed by atoms with Crippen molar-refractivity contribution in [2.45, 2.75) is 6.18 Å². The highest BCUT2D eigenvalue weighted by Crippen LogP contribution is 2.36. The lowest BCUT2D eigenvalue weighted by atomic mass is 10.1. The number of alkyl halides is 3. The molecule has 0 atom stereocenters. The Morgan fingerprint density at radius 2 is 1.93 bits per heavy atom. The number of hydrogen-bond acceptors (Lipinski definition) is 2. The molecule has 0 heterocycles. The zero-order chi connectivity index (χ0) is 11.8. The van der Waals surface area contributed by atoms with Gasteiger partial charge in [0.25, 0.3) is 0 Å². The van der Waals surface area contributed by atoms with Crippen LogP contribution in [-0.2, 0) is 6.18 Å². The van der Waals surface area contributed by atoms with E-state index in [4.69, 9.17) is 10.8 Å². The highest BCUT2D eigenvalue weighted by molar-refractivity contribution is 9.10. The minimum absolute atomic E-state index is 0.156. The van der Waals surface area contributed by atoms with Crippen molar-refractivity contribution in [1.82, 2.24) is 0 Å². The topological polar surface area (TPSA) is 63.3 Å². The van der Waals surface area contributed by atoms with Gasteiger partial charge in [-0.1, -0.05) is 0 Å². The van der Waals surface area contributed by atoms with Gasteiger partial charge in [-0.25, -0.2) is 4.79 Å². The van der Waals surface area contributed by atoms with Gasteiger partial charge in [-0.05, 0) is 28.1 Å². The Balaban J connectivity index is 3.39. The van der Waals surface area contributed by atoms with Crippen LogP contribution in [0.4, 0.5) is 18.9 Å². The largest absolute Gasteiger partial charge is 0.478 e. The number of aromatic carboxylic acids is 1. The van der Waals surface area contributed by atoms with Crippen LogP contribution in [0.3, 0.4) is 0 Å². The van der Waals surface area contributed by atoms with Crippen molar-refractivity contribution in [3.05, 3.63) is 27.7 Å². The van der Waals surface area contributed by atoms with E-state index in [0.29, 0.717) is 6.07 Å². The SMILES string of the molecule is Nc1cc(C(=O)O)c(Br)cc1C(F)(F)F. The van der Waals surface area contributed by atoms with E-state index < -0.39 is 23.4 Å². The number of halogens is 4. The molecule has 0 aliphatic rings. The molecule has 0 aliphatic carbocycles. The number of carboxylic acids is 1. The van der Waals surface area contributed by atoms with Crippen LogP contribution in [0.1, 0.15) is 15.9 Å². The highest BCUT2D eigenvalue weighted by Gasteiger charge is 2.34. The number of carboxylic acid groups (broad SMARTS) is 1. The van der Waals surface area contributed by atoms with Crippen molar-refractivity contribution < 1.29 is 23.1 Å². The quantitative estimate of drug-likeness (QED) is 0.779. The first-order chi connectivity index (χ1) is 6.73. The Morgan fingerprint density at radius 1 is 1.40 bits per heavy atom. The first kappa shape index (κ1) is 11.8. The predicted octanol–water partition coefficient (Wildman–Crippen LogP) is 2.75. The Bertz CT molecular complexity index is 417. The molecule has 7 heteroatoms. The smallest absolute Gasteiger partial charge is 0.418 e. The van der Waals surface area contributed by atoms with Crippen molar-refractivity contribution in [3.8, 4) is 0 Å². The van der Waals surface area contributed by atoms with E-state index in [1.54, 1.807) is 0 Å². The van der Waals surface area contributed by atoms with Crippen LogP contribution in [0.5, 0.6) is 0 Å². The molecule has 0 saturated carbocycles. The van der Waals surface area contributed by atoms with E-state index in [1.165, 1.54) is 0 Å². The summed E-state index contributed by atoms with van der Waals surface area (Å²) >= 11 is 2.74. The first-order valence-corrected chi connectivity index (χ1v) is 4.42. The van der Waals surface area contributed by atoms with Gasteiger partial charge >= 0.3 is 12.1 Å². The third-order valence-corrected chi connectivity index (χ3v) is 2.33. The molecule has 0 spiro atoms. The van der Waals surface area contributed by atoms with E-state index in [9.17, 15) is 18.0 Å². The molecule has 0 bridgehead atoms. The second-order valence-electron chi connectivity index (χ2n) is 2.72. The molecule has 0 aliphatic heterocycles. The standard InChI is InChI=1S/C8H5BrF3NO2/c9-5-2-4(8(10,11)12)6(13)1-3(5)7(14)15/h1-2H,13H2,(H,14,15). The minimum atomic E-state index is -4.59. The first-order valence-electron chi connectivity index (χ1n) is 3.63. The minimum Gasteiger partial charge on any atom is -0.478 e. The summed E-state index contributed by atoms with van der Waals surface area (Å²) in [5, 5.41) is 8.62. The number of hydrogen-bond donors (Lipinski definition) is 2. The predicted molar refractivity (Wildman–Crippen MR) is 50.5 cm³/mol. The van der Waals surface area contributed by atoms with Gasteiger partial charge in [0, 0.05) is 10.2 Å². The Kier molecular flexibility index (Phi) is 2.94. The Labute approximate surface area is 90.8 Å². The molecule has 15 heavy (non-hydrogen) atoms. The third kappa shape index (κ3) is 2.41. The fourth-order valence-corrected chi connectivity index (χ4v) is 1.51. The summed E-state index contributed by atoms with van der Waals surface area (Å²) < 4.78 is 36.8.